The number of benzene rings is 4. The molecule has 0 saturated carbocycles. The van der Waals surface area contributed by atoms with Crippen LogP contribution in [0, 0.1) is 20.2 Å². The Morgan fingerprint density at radius 3 is 1.33 bits per heavy atom. The lowest BCUT2D eigenvalue weighted by atomic mass is 9.94. The van der Waals surface area contributed by atoms with Crippen LogP contribution in [0.2, 0.25) is 0 Å². The van der Waals surface area contributed by atoms with Crippen LogP contribution in [0.3, 0.4) is 0 Å². The minimum absolute atomic E-state index is 0.327. The fourth-order valence-corrected chi connectivity index (χ4v) is 5.63. The van der Waals surface area contributed by atoms with Gasteiger partial charge in [-0.2, -0.15) is 0 Å². The third-order valence-electron chi connectivity index (χ3n) is 6.08. The van der Waals surface area contributed by atoms with E-state index in [1.165, 1.54) is 0 Å². The van der Waals surface area contributed by atoms with E-state index in [-0.39, 0.29) is 11.8 Å². The summed E-state index contributed by atoms with van der Waals surface area (Å²) in [6, 6.07) is 21.1. The van der Waals surface area contributed by atoms with Gasteiger partial charge in [-0.15, -0.1) is 0 Å². The van der Waals surface area contributed by atoms with Crippen molar-refractivity contribution in [1.82, 2.24) is 0 Å². The lowest BCUT2D eigenvalue weighted by Gasteiger charge is -2.07. The highest BCUT2D eigenvalue weighted by atomic mass is 79.9. The van der Waals surface area contributed by atoms with Crippen molar-refractivity contribution in [2.45, 2.75) is 0 Å². The third-order valence-corrected chi connectivity index (χ3v) is 7.47. The molecule has 0 atom stereocenters. The number of halogens is 2. The normalized spacial score (nSPS) is 11.5. The van der Waals surface area contributed by atoms with Crippen LogP contribution in [0.5, 0.6) is 0 Å². The van der Waals surface area contributed by atoms with Gasteiger partial charge in [0, 0.05) is 30.8 Å². The van der Waals surface area contributed by atoms with Crippen molar-refractivity contribution in [3.05, 3.63) is 102 Å². The molecule has 4 aromatic carbocycles. The van der Waals surface area contributed by atoms with Crippen LogP contribution in [0.25, 0.3) is 55.0 Å². The first-order valence-corrected chi connectivity index (χ1v) is 12.2. The van der Waals surface area contributed by atoms with E-state index in [4.69, 9.17) is 8.83 Å². The van der Waals surface area contributed by atoms with E-state index in [1.807, 2.05) is 12.1 Å². The predicted molar refractivity (Wildman–Crippen MR) is 143 cm³/mol. The minimum Gasteiger partial charge on any atom is -0.400 e. The number of hydrogen-bond donors (Lipinski definition) is 0. The SMILES string of the molecule is O=[N+]([O-])c1oc2ccc3c(ccc4oc([N+](=O)[O-])c(-c5ccccc5Br)c43)c2c1-c1ccccc1Br. The smallest absolute Gasteiger partial charge is 0.400 e. The van der Waals surface area contributed by atoms with Crippen LogP contribution in [0.15, 0.2) is 90.6 Å². The average molecular weight is 608 g/mol. The van der Waals surface area contributed by atoms with E-state index in [0.29, 0.717) is 63.9 Å². The van der Waals surface area contributed by atoms with E-state index in [2.05, 4.69) is 31.9 Å². The second-order valence-electron chi connectivity index (χ2n) is 8.01. The molecule has 2 heterocycles. The Morgan fingerprint density at radius 1 is 0.583 bits per heavy atom. The van der Waals surface area contributed by atoms with Crippen molar-refractivity contribution in [2.75, 3.05) is 0 Å². The van der Waals surface area contributed by atoms with E-state index in [9.17, 15) is 20.2 Å². The maximum absolute atomic E-state index is 12.0. The average Bonchev–Trinajstić information content (AvgIpc) is 3.44. The molecule has 36 heavy (non-hydrogen) atoms. The van der Waals surface area contributed by atoms with Crippen molar-refractivity contribution in [2.24, 2.45) is 0 Å². The molecule has 6 aromatic rings. The Kier molecular flexibility index (Phi) is 5.16. The number of rotatable bonds is 4. The zero-order valence-electron chi connectivity index (χ0n) is 18.0. The zero-order chi connectivity index (χ0) is 25.1. The van der Waals surface area contributed by atoms with Crippen LogP contribution in [0.1, 0.15) is 0 Å². The highest BCUT2D eigenvalue weighted by Crippen LogP contribution is 2.49. The molecule has 0 unspecified atom stereocenters. The zero-order valence-corrected chi connectivity index (χ0v) is 21.2. The molecule has 0 aliphatic carbocycles. The Bertz CT molecular complexity index is 1750. The molecular weight excluding hydrogens is 596 g/mol. The molecule has 0 aliphatic heterocycles. The van der Waals surface area contributed by atoms with Crippen LogP contribution in [-0.4, -0.2) is 9.85 Å². The molecule has 10 heteroatoms. The Labute approximate surface area is 218 Å². The van der Waals surface area contributed by atoms with Gasteiger partial charge in [0.15, 0.2) is 0 Å². The first-order chi connectivity index (χ1) is 17.4. The van der Waals surface area contributed by atoms with Crippen LogP contribution in [-0.2, 0) is 0 Å². The standard InChI is InChI=1S/C26H12Br2N2O6/c27-17-7-3-1-5-15(17)23-21-13-9-12-20-22(14(13)10-11-19(21)35-25(23)29(31)32)24(26(36-20)30(33)34)16-6-2-4-8-18(16)28/h1-12H. The monoisotopic (exact) mass is 606 g/mol. The van der Waals surface area contributed by atoms with Gasteiger partial charge in [0.2, 0.25) is 0 Å². The molecule has 0 radical (unpaired) electrons. The number of nitro groups is 2. The van der Waals surface area contributed by atoms with E-state index in [0.717, 1.165) is 0 Å². The van der Waals surface area contributed by atoms with Crippen molar-refractivity contribution in [3.8, 4) is 22.3 Å². The van der Waals surface area contributed by atoms with Gasteiger partial charge >= 0.3 is 11.8 Å². The summed E-state index contributed by atoms with van der Waals surface area (Å²) in [5, 5.41) is 26.3. The largest absolute Gasteiger partial charge is 0.442 e. The Hall–Kier alpha value is -4.02. The second-order valence-corrected chi connectivity index (χ2v) is 9.72. The van der Waals surface area contributed by atoms with Gasteiger partial charge in [-0.3, -0.25) is 20.2 Å². The summed E-state index contributed by atoms with van der Waals surface area (Å²) in [4.78, 5) is 22.9. The molecule has 176 valence electrons. The van der Waals surface area contributed by atoms with Gasteiger partial charge in [-0.1, -0.05) is 68.3 Å². The molecule has 6 rings (SSSR count). The summed E-state index contributed by atoms with van der Waals surface area (Å²) >= 11 is 7.00. The molecule has 0 fully saturated rings. The minimum atomic E-state index is -0.547. The van der Waals surface area contributed by atoms with E-state index in [1.54, 1.807) is 60.7 Å². The summed E-state index contributed by atoms with van der Waals surface area (Å²) in [6.45, 7) is 0. The van der Waals surface area contributed by atoms with Crippen LogP contribution in [0.4, 0.5) is 11.8 Å². The van der Waals surface area contributed by atoms with Crippen LogP contribution >= 0.6 is 31.9 Å². The van der Waals surface area contributed by atoms with Crippen LogP contribution < -0.4 is 0 Å². The highest BCUT2D eigenvalue weighted by Gasteiger charge is 2.31. The summed E-state index contributed by atoms with van der Waals surface area (Å²) in [7, 11) is 0. The summed E-state index contributed by atoms with van der Waals surface area (Å²) in [5.41, 5.74) is 2.51. The number of furan rings is 2. The molecule has 0 saturated heterocycles. The summed E-state index contributed by atoms with van der Waals surface area (Å²) < 4.78 is 12.8. The van der Waals surface area contributed by atoms with Gasteiger partial charge in [-0.05, 0) is 47.2 Å². The summed E-state index contributed by atoms with van der Waals surface area (Å²) in [5.74, 6) is -0.762. The summed E-state index contributed by atoms with van der Waals surface area (Å²) in [6.07, 6.45) is 0. The van der Waals surface area contributed by atoms with E-state index < -0.39 is 9.85 Å². The quantitative estimate of drug-likeness (QED) is 0.146. The topological polar surface area (TPSA) is 113 Å². The fraction of sp³-hybridized carbons (Fsp3) is 0. The van der Waals surface area contributed by atoms with Gasteiger partial charge in [0.1, 0.15) is 32.1 Å². The molecule has 0 amide bonds. The van der Waals surface area contributed by atoms with Gasteiger partial charge in [0.25, 0.3) is 0 Å². The third kappa shape index (κ3) is 3.25. The number of nitrogens with zero attached hydrogens (tertiary/aromatic N) is 2. The van der Waals surface area contributed by atoms with Crippen molar-refractivity contribution in [3.63, 3.8) is 0 Å². The highest BCUT2D eigenvalue weighted by molar-refractivity contribution is 9.11. The van der Waals surface area contributed by atoms with Gasteiger partial charge in [-0.25, -0.2) is 0 Å². The van der Waals surface area contributed by atoms with Crippen molar-refractivity contribution in [1.29, 1.82) is 0 Å². The molecule has 8 nitrogen and oxygen atoms in total. The Morgan fingerprint density at radius 2 is 0.972 bits per heavy atom. The predicted octanol–water partition coefficient (Wildman–Crippen LogP) is 9.01. The maximum Gasteiger partial charge on any atom is 0.442 e. The van der Waals surface area contributed by atoms with Gasteiger partial charge < -0.3 is 8.83 Å². The molecular formula is C26H12Br2N2O6. The molecule has 2 aromatic heterocycles. The molecule has 0 N–H and O–H groups in total. The Balaban J connectivity index is 1.82. The first-order valence-electron chi connectivity index (χ1n) is 10.6. The van der Waals surface area contributed by atoms with Crippen molar-refractivity contribution >= 4 is 76.3 Å². The van der Waals surface area contributed by atoms with E-state index >= 15 is 0 Å². The lowest BCUT2D eigenvalue weighted by Crippen LogP contribution is -1.90. The first kappa shape index (κ1) is 22.4. The number of hydrogen-bond acceptors (Lipinski definition) is 6. The fourth-order valence-electron chi connectivity index (χ4n) is 4.66. The van der Waals surface area contributed by atoms with Gasteiger partial charge in [0.05, 0.1) is 0 Å². The van der Waals surface area contributed by atoms with Crippen molar-refractivity contribution < 1.29 is 18.7 Å². The maximum atomic E-state index is 12.0. The molecule has 0 spiro atoms. The molecule has 0 aliphatic rings. The molecule has 0 bridgehead atoms. The lowest BCUT2D eigenvalue weighted by molar-refractivity contribution is -0.400. The second kappa shape index (κ2) is 8.28. The number of fused-ring (bicyclic) bond motifs is 5.